The van der Waals surface area contributed by atoms with E-state index in [1.54, 1.807) is 24.3 Å². The molecule has 0 saturated carbocycles. The number of amides is 1. The third-order valence-corrected chi connectivity index (χ3v) is 4.92. The van der Waals surface area contributed by atoms with Crippen molar-refractivity contribution in [2.45, 2.75) is 11.4 Å². The first-order valence-corrected chi connectivity index (χ1v) is 8.16. The molecular weight excluding hydrogens is 312 g/mol. The summed E-state index contributed by atoms with van der Waals surface area (Å²) in [5, 5.41) is 5.58. The highest BCUT2D eigenvalue weighted by Gasteiger charge is 2.22. The first-order valence-electron chi connectivity index (χ1n) is 5.74. The molecule has 0 spiro atoms. The van der Waals surface area contributed by atoms with E-state index in [2.05, 4.69) is 14.7 Å². The van der Waals surface area contributed by atoms with Gasteiger partial charge in [0.15, 0.2) is 0 Å². The van der Waals surface area contributed by atoms with Crippen molar-refractivity contribution in [2.75, 3.05) is 0 Å². The molecule has 7 nitrogen and oxygen atoms in total. The molecule has 9 heteroatoms. The molecule has 0 bridgehead atoms. The number of nitrogens with one attached hydrogen (secondary N) is 1. The summed E-state index contributed by atoms with van der Waals surface area (Å²) in [4.78, 5) is 13.7. The van der Waals surface area contributed by atoms with Crippen molar-refractivity contribution < 1.29 is 13.2 Å². The van der Waals surface area contributed by atoms with Gasteiger partial charge in [0.1, 0.15) is 4.90 Å². The quantitative estimate of drug-likeness (QED) is 0.518. The molecule has 0 radical (unpaired) electrons. The smallest absolute Gasteiger partial charge is 0.251 e. The molecule has 0 unspecified atom stereocenters. The van der Waals surface area contributed by atoms with Crippen molar-refractivity contribution in [1.29, 1.82) is 0 Å². The number of rotatable bonds is 5. The largest absolute Gasteiger partial charge is 0.287 e. The fourth-order valence-corrected chi connectivity index (χ4v) is 3.97. The molecule has 1 aromatic heterocycles. The van der Waals surface area contributed by atoms with Crippen molar-refractivity contribution in [2.24, 2.45) is 5.11 Å². The number of carbonyl (C=O) groups is 1. The fourth-order valence-electron chi connectivity index (χ4n) is 1.60. The molecule has 2 rings (SSSR count). The van der Waals surface area contributed by atoms with E-state index >= 15 is 0 Å². The maximum Gasteiger partial charge on any atom is 0.251 e. The van der Waals surface area contributed by atoms with Crippen LogP contribution in [0.4, 0.5) is 0 Å². The predicted molar refractivity (Wildman–Crippen MR) is 78.3 cm³/mol. The van der Waals surface area contributed by atoms with Gasteiger partial charge in [-0.15, -0.1) is 0 Å². The third kappa shape index (κ3) is 3.67. The van der Waals surface area contributed by atoms with Crippen molar-refractivity contribution in [3.63, 3.8) is 0 Å². The molecule has 1 amide bonds. The Morgan fingerprint density at radius 2 is 2.00 bits per heavy atom. The molecule has 1 N–H and O–H groups in total. The number of sulfonamides is 1. The Balaban J connectivity index is 2.23. The minimum atomic E-state index is -3.85. The van der Waals surface area contributed by atoms with Crippen molar-refractivity contribution in [3.8, 4) is 0 Å². The van der Waals surface area contributed by atoms with Gasteiger partial charge in [0.25, 0.3) is 5.91 Å². The summed E-state index contributed by atoms with van der Waals surface area (Å²) in [5.74, 6) is -0.918. The van der Waals surface area contributed by atoms with Gasteiger partial charge in [-0.25, -0.2) is 13.1 Å². The molecule has 21 heavy (non-hydrogen) atoms. The van der Waals surface area contributed by atoms with Crippen molar-refractivity contribution >= 4 is 27.3 Å². The van der Waals surface area contributed by atoms with Crippen LogP contribution < -0.4 is 4.72 Å². The number of hydrogen-bond acceptors (Lipinski definition) is 4. The molecule has 0 atom stereocenters. The molecular formula is C12H10N4O3S2. The van der Waals surface area contributed by atoms with Crippen LogP contribution in [0.25, 0.3) is 10.4 Å². The van der Waals surface area contributed by atoms with Gasteiger partial charge in [-0.05, 0) is 16.2 Å². The lowest BCUT2D eigenvalue weighted by Gasteiger charge is -2.06. The molecule has 0 saturated heterocycles. The SMILES string of the molecule is [N-]=[N+]=NC(=O)c1cscc1S(=O)(=O)NCc1ccccc1. The molecule has 1 heterocycles. The highest BCUT2D eigenvalue weighted by molar-refractivity contribution is 7.89. The van der Waals surface area contributed by atoms with E-state index in [0.29, 0.717) is 0 Å². The van der Waals surface area contributed by atoms with Crippen LogP contribution in [0.1, 0.15) is 15.9 Å². The zero-order valence-electron chi connectivity index (χ0n) is 10.6. The lowest BCUT2D eigenvalue weighted by Crippen LogP contribution is -2.24. The average molecular weight is 322 g/mol. The Morgan fingerprint density at radius 3 is 2.67 bits per heavy atom. The Kier molecular flexibility index (Phi) is 4.71. The molecule has 1 aromatic carbocycles. The number of benzene rings is 1. The van der Waals surface area contributed by atoms with E-state index in [9.17, 15) is 13.2 Å². The zero-order chi connectivity index (χ0) is 15.3. The molecule has 0 aliphatic carbocycles. The Morgan fingerprint density at radius 1 is 1.29 bits per heavy atom. The number of nitrogens with zero attached hydrogens (tertiary/aromatic N) is 3. The second-order valence-electron chi connectivity index (χ2n) is 3.95. The van der Waals surface area contributed by atoms with Gasteiger partial charge in [-0.1, -0.05) is 30.3 Å². The Labute approximate surface area is 124 Å². The number of thiophene rings is 1. The highest BCUT2D eigenvalue weighted by Crippen LogP contribution is 2.21. The lowest BCUT2D eigenvalue weighted by atomic mass is 10.2. The molecule has 0 aliphatic heterocycles. The summed E-state index contributed by atoms with van der Waals surface area (Å²) < 4.78 is 26.8. The predicted octanol–water partition coefficient (Wildman–Crippen LogP) is 2.68. The first kappa shape index (κ1) is 15.2. The van der Waals surface area contributed by atoms with Crippen LogP contribution in [0, 0.1) is 0 Å². The standard InChI is InChI=1S/C12H10N4O3S2/c13-16-15-12(17)10-7-20-8-11(10)21(18,19)14-6-9-4-2-1-3-5-9/h1-5,7-8,14H,6H2. The lowest BCUT2D eigenvalue weighted by molar-refractivity contribution is 0.0998. The van der Waals surface area contributed by atoms with E-state index in [1.165, 1.54) is 10.8 Å². The maximum absolute atomic E-state index is 12.2. The summed E-state index contributed by atoms with van der Waals surface area (Å²) in [6, 6.07) is 8.98. The van der Waals surface area contributed by atoms with E-state index in [0.717, 1.165) is 16.9 Å². The average Bonchev–Trinajstić information content (AvgIpc) is 2.97. The van der Waals surface area contributed by atoms with Gasteiger partial charge >= 0.3 is 0 Å². The van der Waals surface area contributed by atoms with Crippen molar-refractivity contribution in [1.82, 2.24) is 4.72 Å². The Hall–Kier alpha value is -2.19. The second kappa shape index (κ2) is 6.51. The molecule has 108 valence electrons. The molecule has 2 aromatic rings. The van der Waals surface area contributed by atoms with Gasteiger partial charge in [-0.2, -0.15) is 11.3 Å². The molecule has 0 fully saturated rings. The summed E-state index contributed by atoms with van der Waals surface area (Å²) in [6.07, 6.45) is 0. The first-order chi connectivity index (χ1) is 10.0. The number of carbonyl (C=O) groups excluding carboxylic acids is 1. The number of hydrogen-bond donors (Lipinski definition) is 1. The Bertz CT molecular complexity index is 793. The fraction of sp³-hybridized carbons (Fsp3) is 0.0833. The van der Waals surface area contributed by atoms with Crippen molar-refractivity contribution in [3.05, 3.63) is 62.7 Å². The summed E-state index contributed by atoms with van der Waals surface area (Å²) in [6.45, 7) is 0.105. The molecule has 0 aliphatic rings. The minimum Gasteiger partial charge on any atom is -0.287 e. The van der Waals surface area contributed by atoms with Crippen LogP contribution in [0.5, 0.6) is 0 Å². The summed E-state index contributed by atoms with van der Waals surface area (Å²) >= 11 is 1.05. The minimum absolute atomic E-state index is 0.105. The van der Waals surface area contributed by atoms with E-state index < -0.39 is 15.9 Å². The van der Waals surface area contributed by atoms with Gasteiger partial charge < -0.3 is 0 Å². The van der Waals surface area contributed by atoms with Gasteiger partial charge in [0, 0.05) is 22.2 Å². The van der Waals surface area contributed by atoms with Crippen LogP contribution >= 0.6 is 11.3 Å². The van der Waals surface area contributed by atoms with Crippen LogP contribution in [0.2, 0.25) is 0 Å². The zero-order valence-corrected chi connectivity index (χ0v) is 12.3. The van der Waals surface area contributed by atoms with E-state index in [-0.39, 0.29) is 17.0 Å². The monoisotopic (exact) mass is 322 g/mol. The van der Waals surface area contributed by atoms with Gasteiger partial charge in [0.05, 0.1) is 5.56 Å². The van der Waals surface area contributed by atoms with Crippen LogP contribution in [0.3, 0.4) is 0 Å². The van der Waals surface area contributed by atoms with E-state index in [1.807, 2.05) is 6.07 Å². The number of azide groups is 1. The highest BCUT2D eigenvalue weighted by atomic mass is 32.2. The maximum atomic E-state index is 12.2. The normalized spacial score (nSPS) is 10.9. The van der Waals surface area contributed by atoms with Gasteiger partial charge in [-0.3, -0.25) is 4.79 Å². The van der Waals surface area contributed by atoms with Gasteiger partial charge in [0.2, 0.25) is 10.0 Å². The van der Waals surface area contributed by atoms with Crippen LogP contribution in [-0.2, 0) is 16.6 Å². The summed E-state index contributed by atoms with van der Waals surface area (Å²) in [5.41, 5.74) is 8.92. The topological polar surface area (TPSA) is 112 Å². The van der Waals surface area contributed by atoms with Crippen LogP contribution in [-0.4, -0.2) is 14.3 Å². The van der Waals surface area contributed by atoms with Crippen LogP contribution in [0.15, 0.2) is 51.1 Å². The van der Waals surface area contributed by atoms with E-state index in [4.69, 9.17) is 5.53 Å². The third-order valence-electron chi connectivity index (χ3n) is 2.59. The summed E-state index contributed by atoms with van der Waals surface area (Å²) in [7, 11) is -3.85. The second-order valence-corrected chi connectivity index (χ2v) is 6.43.